The molecule has 0 spiro atoms. The quantitative estimate of drug-likeness (QED) is 0.317. The molecule has 0 saturated heterocycles. The normalized spacial score (nSPS) is 14.6. The van der Waals surface area contributed by atoms with Crippen molar-refractivity contribution < 1.29 is 47.6 Å². The van der Waals surface area contributed by atoms with Crippen LogP contribution in [0.15, 0.2) is 0 Å². The Hall–Kier alpha value is 0.870. The van der Waals surface area contributed by atoms with Crippen LogP contribution >= 0.6 is 0 Å². The minimum absolute atomic E-state index is 0. The van der Waals surface area contributed by atoms with E-state index in [1.165, 1.54) is 32.1 Å². The summed E-state index contributed by atoms with van der Waals surface area (Å²) in [6.07, 6.45) is 8.46. The number of hydrogen-bond donors (Lipinski definition) is 1. The molecule has 6 heteroatoms. The van der Waals surface area contributed by atoms with E-state index in [4.69, 9.17) is 0 Å². The maximum absolute atomic E-state index is 10.9. The molecule has 20 heavy (non-hydrogen) atoms. The molecular formula is C14H29NaO4S. The Bertz CT molecular complexity index is 306. The van der Waals surface area contributed by atoms with Gasteiger partial charge in [0.15, 0.2) is 0 Å². The van der Waals surface area contributed by atoms with E-state index < -0.39 is 21.5 Å². The van der Waals surface area contributed by atoms with Gasteiger partial charge in [-0.1, -0.05) is 58.8 Å². The predicted molar refractivity (Wildman–Crippen MR) is 77.0 cm³/mol. The van der Waals surface area contributed by atoms with Crippen LogP contribution in [0, 0.1) is 0 Å². The Morgan fingerprint density at radius 3 is 1.95 bits per heavy atom. The van der Waals surface area contributed by atoms with Crippen molar-refractivity contribution in [2.24, 2.45) is 0 Å². The molecule has 0 aliphatic heterocycles. The summed E-state index contributed by atoms with van der Waals surface area (Å²) in [5.74, 6) is 0. The van der Waals surface area contributed by atoms with Crippen LogP contribution in [0.2, 0.25) is 0 Å². The third kappa shape index (κ3) is 12.6. The predicted octanol–water partition coefficient (Wildman–Crippen LogP) is 0.206. The van der Waals surface area contributed by atoms with Crippen molar-refractivity contribution >= 4 is 10.1 Å². The molecule has 0 bridgehead atoms. The zero-order valence-electron chi connectivity index (χ0n) is 13.3. The van der Waals surface area contributed by atoms with Crippen molar-refractivity contribution in [2.45, 2.75) is 89.4 Å². The van der Waals surface area contributed by atoms with Crippen LogP contribution < -0.4 is 29.6 Å². The van der Waals surface area contributed by atoms with Gasteiger partial charge in [-0.05, 0) is 19.3 Å². The monoisotopic (exact) mass is 316 g/mol. The summed E-state index contributed by atoms with van der Waals surface area (Å²) in [7, 11) is -4.27. The van der Waals surface area contributed by atoms with Gasteiger partial charge >= 0.3 is 29.6 Å². The fourth-order valence-corrected chi connectivity index (χ4v) is 3.11. The first-order chi connectivity index (χ1) is 8.91. The Morgan fingerprint density at radius 1 is 1.00 bits per heavy atom. The second-order valence-electron chi connectivity index (χ2n) is 5.32. The van der Waals surface area contributed by atoms with E-state index in [-0.39, 0.29) is 42.4 Å². The van der Waals surface area contributed by atoms with Gasteiger partial charge in [-0.15, -0.1) is 0 Å². The minimum Gasteiger partial charge on any atom is -0.748 e. The van der Waals surface area contributed by atoms with Crippen LogP contribution in [0.3, 0.4) is 0 Å². The van der Waals surface area contributed by atoms with Gasteiger partial charge in [0.05, 0.1) is 21.5 Å². The number of rotatable bonds is 12. The average molecular weight is 316 g/mol. The molecule has 4 nitrogen and oxygen atoms in total. The van der Waals surface area contributed by atoms with E-state index in [2.05, 4.69) is 6.92 Å². The number of unbranched alkanes of at least 4 members (excludes halogenated alkanes) is 6. The molecular weight excluding hydrogens is 287 g/mol. The maximum Gasteiger partial charge on any atom is 1.00 e. The fraction of sp³-hybridized carbons (Fsp3) is 1.00. The van der Waals surface area contributed by atoms with Gasteiger partial charge in [-0.25, -0.2) is 8.42 Å². The second-order valence-corrected chi connectivity index (χ2v) is 6.97. The molecule has 0 fully saturated rings. The van der Waals surface area contributed by atoms with Crippen LogP contribution in [-0.4, -0.2) is 29.4 Å². The van der Waals surface area contributed by atoms with Gasteiger partial charge in [0.1, 0.15) is 0 Å². The first kappa shape index (κ1) is 23.1. The summed E-state index contributed by atoms with van der Waals surface area (Å²) in [5.41, 5.74) is 0. The van der Waals surface area contributed by atoms with Crippen LogP contribution in [0.5, 0.6) is 0 Å². The Balaban J connectivity index is 0. The Morgan fingerprint density at radius 2 is 1.50 bits per heavy atom. The van der Waals surface area contributed by atoms with Gasteiger partial charge in [0, 0.05) is 0 Å². The zero-order chi connectivity index (χ0) is 14.7. The van der Waals surface area contributed by atoms with Crippen LogP contribution in [0.25, 0.3) is 0 Å². The molecule has 0 radical (unpaired) electrons. The number of hydrogen-bond acceptors (Lipinski definition) is 4. The first-order valence-corrected chi connectivity index (χ1v) is 9.01. The summed E-state index contributed by atoms with van der Waals surface area (Å²) < 4.78 is 32.7. The van der Waals surface area contributed by atoms with Gasteiger partial charge in [-0.2, -0.15) is 0 Å². The molecule has 1 N–H and O–H groups in total. The molecule has 0 saturated carbocycles. The van der Waals surface area contributed by atoms with E-state index in [0.717, 1.165) is 12.8 Å². The van der Waals surface area contributed by atoms with Gasteiger partial charge < -0.3 is 9.66 Å². The van der Waals surface area contributed by atoms with Gasteiger partial charge in [0.25, 0.3) is 0 Å². The van der Waals surface area contributed by atoms with E-state index >= 15 is 0 Å². The topological polar surface area (TPSA) is 77.4 Å². The maximum atomic E-state index is 10.9. The number of aliphatic hydroxyl groups is 1. The largest absolute Gasteiger partial charge is 1.00 e. The summed E-state index contributed by atoms with van der Waals surface area (Å²) in [6.45, 7) is 3.85. The average Bonchev–Trinajstić information content (AvgIpc) is 2.33. The van der Waals surface area contributed by atoms with Crippen molar-refractivity contribution in [3.63, 3.8) is 0 Å². The van der Waals surface area contributed by atoms with Gasteiger partial charge in [0.2, 0.25) is 0 Å². The molecule has 0 aromatic heterocycles. The Labute approximate surface area is 146 Å². The summed E-state index contributed by atoms with van der Waals surface area (Å²) in [4.78, 5) is 0. The standard InChI is InChI=1S/C14H30O4S.Na/c1-3-5-6-7-8-9-10-11-13(15)12-14(4-2)19(16,17)18;/h13-15H,3-12H2,1-2H3,(H,16,17,18);/q;+1/p-1. The van der Waals surface area contributed by atoms with Gasteiger partial charge in [-0.3, -0.25) is 0 Å². The number of aliphatic hydroxyl groups excluding tert-OH is 1. The van der Waals surface area contributed by atoms with Crippen LogP contribution in [0.1, 0.15) is 78.1 Å². The van der Waals surface area contributed by atoms with E-state index in [9.17, 15) is 18.1 Å². The molecule has 0 aromatic rings. The molecule has 0 amide bonds. The molecule has 2 atom stereocenters. The zero-order valence-corrected chi connectivity index (χ0v) is 16.1. The molecule has 2 unspecified atom stereocenters. The first-order valence-electron chi connectivity index (χ1n) is 7.54. The molecule has 0 aromatic carbocycles. The van der Waals surface area contributed by atoms with Crippen LogP contribution in [0.4, 0.5) is 0 Å². The third-order valence-corrected chi connectivity index (χ3v) is 4.88. The van der Waals surface area contributed by atoms with Crippen LogP contribution in [-0.2, 0) is 10.1 Å². The van der Waals surface area contributed by atoms with Crippen molar-refractivity contribution in [3.05, 3.63) is 0 Å². The third-order valence-electron chi connectivity index (χ3n) is 3.54. The minimum atomic E-state index is -4.27. The van der Waals surface area contributed by atoms with Crippen molar-refractivity contribution in [3.8, 4) is 0 Å². The van der Waals surface area contributed by atoms with E-state index in [1.807, 2.05) is 0 Å². The molecule has 0 aliphatic rings. The van der Waals surface area contributed by atoms with E-state index in [1.54, 1.807) is 6.92 Å². The summed E-state index contributed by atoms with van der Waals surface area (Å²) >= 11 is 0. The fourth-order valence-electron chi connectivity index (χ4n) is 2.25. The van der Waals surface area contributed by atoms with Crippen molar-refractivity contribution in [1.82, 2.24) is 0 Å². The smallest absolute Gasteiger partial charge is 0.748 e. The second kappa shape index (κ2) is 13.5. The summed E-state index contributed by atoms with van der Waals surface area (Å²) in [5, 5.41) is 8.81. The molecule has 0 aliphatic carbocycles. The van der Waals surface area contributed by atoms with Crippen molar-refractivity contribution in [1.29, 1.82) is 0 Å². The molecule has 116 valence electrons. The Kier molecular flexibility index (Phi) is 15.7. The molecule has 0 rings (SSSR count). The SMILES string of the molecule is CCCCCCCCCC(O)CC(CC)S(=O)(=O)[O-].[Na+]. The van der Waals surface area contributed by atoms with Crippen molar-refractivity contribution in [2.75, 3.05) is 0 Å². The van der Waals surface area contributed by atoms with E-state index in [0.29, 0.717) is 6.42 Å². The molecule has 0 heterocycles. The summed E-state index contributed by atoms with van der Waals surface area (Å²) in [6, 6.07) is 0.